The average Bonchev–Trinajstić information content (AvgIpc) is 3.73. The summed E-state index contributed by atoms with van der Waals surface area (Å²) in [5.41, 5.74) is 1.23. The number of aromatic nitrogens is 4. The molecular formula is C40H46ClF3N8O2. The number of nitrogens with one attached hydrogen (secondary N) is 2. The smallest absolute Gasteiger partial charge is 0.261 e. The highest BCUT2D eigenvalue weighted by Gasteiger charge is 2.55. The van der Waals surface area contributed by atoms with Crippen molar-refractivity contribution < 1.29 is 22.8 Å². The van der Waals surface area contributed by atoms with Gasteiger partial charge in [-0.15, -0.1) is 0 Å². The maximum atomic E-state index is 16.0. The predicted molar refractivity (Wildman–Crippen MR) is 203 cm³/mol. The molecule has 4 aromatic rings. The van der Waals surface area contributed by atoms with Gasteiger partial charge >= 0.3 is 0 Å². The fraction of sp³-hybridized carbons (Fsp3) is 0.525. The molecule has 2 saturated carbocycles. The van der Waals surface area contributed by atoms with Crippen LogP contribution < -0.4 is 15.5 Å². The monoisotopic (exact) mass is 762 g/mol. The van der Waals surface area contributed by atoms with Crippen LogP contribution in [0.4, 0.5) is 30.4 Å². The highest BCUT2D eigenvalue weighted by Crippen LogP contribution is 2.50. The molecule has 54 heavy (non-hydrogen) atoms. The number of imidazole rings is 1. The molecule has 286 valence electrons. The van der Waals surface area contributed by atoms with Crippen molar-refractivity contribution >= 4 is 51.6 Å². The Hall–Kier alpha value is -4.23. The molecule has 2 amide bonds. The van der Waals surface area contributed by atoms with Crippen molar-refractivity contribution in [3.05, 3.63) is 58.4 Å². The van der Waals surface area contributed by atoms with E-state index in [1.54, 1.807) is 12.5 Å². The number of likely N-dealkylation sites (tertiary alicyclic amines) is 1. The number of halogens is 4. The Balaban J connectivity index is 1.17. The fourth-order valence-electron chi connectivity index (χ4n) is 8.63. The average molecular weight is 763 g/mol. The van der Waals surface area contributed by atoms with E-state index in [1.165, 1.54) is 32.3 Å². The molecule has 0 spiro atoms. The van der Waals surface area contributed by atoms with Crippen LogP contribution in [0.2, 0.25) is 5.02 Å². The van der Waals surface area contributed by atoms with Gasteiger partial charge in [0.15, 0.2) is 11.6 Å². The van der Waals surface area contributed by atoms with Crippen molar-refractivity contribution in [1.29, 1.82) is 0 Å². The van der Waals surface area contributed by atoms with Gasteiger partial charge in [0.25, 0.3) is 12.3 Å². The van der Waals surface area contributed by atoms with Crippen molar-refractivity contribution in [3.8, 4) is 11.3 Å². The van der Waals surface area contributed by atoms with Crippen LogP contribution in [0.25, 0.3) is 22.3 Å². The summed E-state index contributed by atoms with van der Waals surface area (Å²) >= 11 is 6.44. The van der Waals surface area contributed by atoms with Crippen molar-refractivity contribution in [2.75, 3.05) is 23.3 Å². The van der Waals surface area contributed by atoms with Gasteiger partial charge in [0.05, 0.1) is 50.6 Å². The SMILES string of the molecule is Cc1c(F)c(Nc2nc(-c3cnc4c(c3)N([C@H]3C[C@@](C)(N5CCCCC5)C3)C(=O)C4(C)C)cc3ncn(C(C)C)c23)cc(C(=O)NC2(C(F)F)CC2)c1Cl. The third-order valence-electron chi connectivity index (χ3n) is 12.2. The van der Waals surface area contributed by atoms with Gasteiger partial charge < -0.3 is 20.1 Å². The number of carbonyl (C=O) groups is 2. The maximum Gasteiger partial charge on any atom is 0.261 e. The summed E-state index contributed by atoms with van der Waals surface area (Å²) in [7, 11) is 0. The highest BCUT2D eigenvalue weighted by atomic mass is 35.5. The van der Waals surface area contributed by atoms with E-state index in [0.717, 1.165) is 37.3 Å². The van der Waals surface area contributed by atoms with Gasteiger partial charge in [-0.05, 0) is 111 Å². The normalized spacial score (nSPS) is 23.2. The van der Waals surface area contributed by atoms with Crippen molar-refractivity contribution in [1.82, 2.24) is 29.7 Å². The molecular weight excluding hydrogens is 717 g/mol. The number of pyridine rings is 2. The Morgan fingerprint density at radius 3 is 2.39 bits per heavy atom. The molecule has 5 heterocycles. The first-order chi connectivity index (χ1) is 25.5. The van der Waals surface area contributed by atoms with Crippen molar-refractivity contribution in [3.63, 3.8) is 0 Å². The van der Waals surface area contributed by atoms with Gasteiger partial charge in [-0.3, -0.25) is 19.5 Å². The fourth-order valence-corrected chi connectivity index (χ4v) is 8.85. The molecule has 8 rings (SSSR count). The zero-order valence-electron chi connectivity index (χ0n) is 31.5. The Kier molecular flexibility index (Phi) is 8.80. The second kappa shape index (κ2) is 12.9. The lowest BCUT2D eigenvalue weighted by Gasteiger charge is -2.55. The van der Waals surface area contributed by atoms with E-state index >= 15 is 4.39 Å². The van der Waals surface area contributed by atoms with Gasteiger partial charge in [0, 0.05) is 34.9 Å². The summed E-state index contributed by atoms with van der Waals surface area (Å²) < 4.78 is 45.3. The molecule has 0 radical (unpaired) electrons. The molecule has 3 fully saturated rings. The minimum absolute atomic E-state index is 0.0129. The molecule has 10 nitrogen and oxygen atoms in total. The first-order valence-corrected chi connectivity index (χ1v) is 19.3. The van der Waals surface area contributed by atoms with E-state index in [2.05, 4.69) is 27.4 Å². The minimum Gasteiger partial charge on any atom is -0.341 e. The van der Waals surface area contributed by atoms with Crippen LogP contribution in [-0.4, -0.2) is 72.9 Å². The van der Waals surface area contributed by atoms with Crippen LogP contribution in [0.1, 0.15) is 107 Å². The Morgan fingerprint density at radius 1 is 1.04 bits per heavy atom. The zero-order valence-corrected chi connectivity index (χ0v) is 32.3. The van der Waals surface area contributed by atoms with Crippen LogP contribution in [0.15, 0.2) is 30.7 Å². The number of piperidine rings is 1. The van der Waals surface area contributed by atoms with E-state index in [-0.39, 0.29) is 64.0 Å². The highest BCUT2D eigenvalue weighted by molar-refractivity contribution is 6.34. The second-order valence-corrected chi connectivity index (χ2v) is 17.1. The zero-order chi connectivity index (χ0) is 38.5. The number of nitrogens with zero attached hydrogens (tertiary/aromatic N) is 6. The van der Waals surface area contributed by atoms with Crippen molar-refractivity contribution in [2.45, 2.75) is 121 Å². The van der Waals surface area contributed by atoms with Gasteiger partial charge in [-0.1, -0.05) is 18.0 Å². The van der Waals surface area contributed by atoms with E-state index in [4.69, 9.17) is 21.6 Å². The quantitative estimate of drug-likeness (QED) is 0.176. The lowest BCUT2D eigenvalue weighted by molar-refractivity contribution is -0.123. The van der Waals surface area contributed by atoms with Crippen LogP contribution in [-0.2, 0) is 10.2 Å². The first kappa shape index (κ1) is 36.7. The van der Waals surface area contributed by atoms with Crippen LogP contribution in [0, 0.1) is 12.7 Å². The summed E-state index contributed by atoms with van der Waals surface area (Å²) in [4.78, 5) is 46.4. The summed E-state index contributed by atoms with van der Waals surface area (Å²) in [6.07, 6.45) is 6.40. The number of alkyl halides is 2. The number of carbonyl (C=O) groups excluding carboxylic acids is 2. The van der Waals surface area contributed by atoms with Crippen molar-refractivity contribution in [2.24, 2.45) is 0 Å². The maximum absolute atomic E-state index is 16.0. The molecule has 0 bridgehead atoms. The number of amides is 2. The van der Waals surface area contributed by atoms with Crippen LogP contribution >= 0.6 is 11.6 Å². The standard InChI is InChI=1S/C40H46ClF3N8O2/c1-21(2)51-20-46-28-16-26(47-34(32(28)51)48-27-15-25(30(41)22(3)31(27)42)35(53)49-40(10-11-40)36(43)44)23-14-29-33(45-19-23)38(4,5)37(54)52(29)24-17-39(6,18-24)50-12-8-7-9-13-50/h14-16,19-21,24,36H,7-13,17-18H2,1-6H3,(H,47,48)(H,49,53)/t24-,39+. The van der Waals surface area contributed by atoms with Gasteiger partial charge in [-0.25, -0.2) is 23.1 Å². The van der Waals surface area contributed by atoms with Crippen LogP contribution in [0.3, 0.4) is 0 Å². The largest absolute Gasteiger partial charge is 0.341 e. The van der Waals surface area contributed by atoms with E-state index < -0.39 is 29.1 Å². The second-order valence-electron chi connectivity index (χ2n) is 16.7. The van der Waals surface area contributed by atoms with Crippen LogP contribution in [0.5, 0.6) is 0 Å². The topological polar surface area (TPSA) is 108 Å². The summed E-state index contributed by atoms with van der Waals surface area (Å²) in [5, 5.41) is 5.37. The molecule has 3 aromatic heterocycles. The van der Waals surface area contributed by atoms with Gasteiger partial charge in [-0.2, -0.15) is 0 Å². The molecule has 2 aliphatic heterocycles. The molecule has 0 unspecified atom stereocenters. The molecule has 1 aromatic carbocycles. The molecule has 2 N–H and O–H groups in total. The number of benzene rings is 1. The third kappa shape index (κ3) is 5.84. The van der Waals surface area contributed by atoms with E-state index in [9.17, 15) is 18.4 Å². The van der Waals surface area contributed by atoms with E-state index in [0.29, 0.717) is 22.3 Å². The number of fused-ring (bicyclic) bond motifs is 2. The molecule has 1 saturated heterocycles. The summed E-state index contributed by atoms with van der Waals surface area (Å²) in [5.74, 6) is -1.23. The number of hydrogen-bond donors (Lipinski definition) is 2. The summed E-state index contributed by atoms with van der Waals surface area (Å²) in [6, 6.07) is 5.06. The number of hydrogen-bond acceptors (Lipinski definition) is 7. The lowest BCUT2D eigenvalue weighted by Crippen LogP contribution is -2.64. The predicted octanol–water partition coefficient (Wildman–Crippen LogP) is 8.48. The molecule has 14 heteroatoms. The first-order valence-electron chi connectivity index (χ1n) is 18.9. The molecule has 2 aliphatic carbocycles. The lowest BCUT2D eigenvalue weighted by atomic mass is 9.71. The van der Waals surface area contributed by atoms with Gasteiger partial charge in [0.1, 0.15) is 11.1 Å². The Morgan fingerprint density at radius 2 is 1.74 bits per heavy atom. The number of anilines is 3. The van der Waals surface area contributed by atoms with E-state index in [1.807, 2.05) is 49.3 Å². The Labute approximate surface area is 317 Å². The Bertz CT molecular complexity index is 2190. The third-order valence-corrected chi connectivity index (χ3v) is 12.7. The summed E-state index contributed by atoms with van der Waals surface area (Å²) in [6.45, 7) is 13.7. The number of rotatable bonds is 9. The minimum atomic E-state index is -2.74. The molecule has 4 aliphatic rings. The van der Waals surface area contributed by atoms with Gasteiger partial charge in [0.2, 0.25) is 5.91 Å². The molecule has 0 atom stereocenters.